The molecule has 0 fully saturated rings. The lowest BCUT2D eigenvalue weighted by atomic mass is 10.0. The lowest BCUT2D eigenvalue weighted by Crippen LogP contribution is -2.27. The molecular formula is C29H46N2O3. The van der Waals surface area contributed by atoms with E-state index in [9.17, 15) is 9.59 Å². The molecule has 1 aromatic heterocycles. The predicted molar refractivity (Wildman–Crippen MR) is 141 cm³/mol. The molecule has 5 nitrogen and oxygen atoms in total. The molecule has 34 heavy (non-hydrogen) atoms. The number of carbonyl (C=O) groups is 2. The summed E-state index contributed by atoms with van der Waals surface area (Å²) in [6, 6.07) is 8.07. The number of aryl methyl sites for hydroxylation is 1. The topological polar surface area (TPSA) is 71.2 Å². The normalized spacial score (nSPS) is 11.1. The van der Waals surface area contributed by atoms with Crippen molar-refractivity contribution >= 4 is 22.8 Å². The summed E-state index contributed by atoms with van der Waals surface area (Å²) in [4.78, 5) is 27.1. The summed E-state index contributed by atoms with van der Waals surface area (Å²) in [6.07, 6.45) is 20.4. The first-order valence-electron chi connectivity index (χ1n) is 13.7. The van der Waals surface area contributed by atoms with Crippen molar-refractivity contribution in [2.45, 2.75) is 110 Å². The number of carbonyl (C=O) groups excluding carboxylic acids is 2. The molecule has 2 rings (SSSR count). The minimum atomic E-state index is -0.226. The molecule has 0 saturated heterocycles. The number of aromatic amines is 1. The smallest absolute Gasteiger partial charge is 0.306 e. The fourth-order valence-corrected chi connectivity index (χ4v) is 4.39. The molecule has 0 bridgehead atoms. The standard InChI is InChI=1S/C29H46N2O3/c1-2-3-4-5-6-7-8-9-10-11-12-13-14-19-28(32)30-22-23-34-29(33)21-20-25-24-31-27-18-16-15-17-26(25)27/h15-18,24,31H,2-14,19-23H2,1H3,(H,30,32). The highest BCUT2D eigenvalue weighted by Gasteiger charge is 2.08. The van der Waals surface area contributed by atoms with Crippen LogP contribution in [0, 0.1) is 0 Å². The average molecular weight is 471 g/mol. The second-order valence-corrected chi connectivity index (χ2v) is 9.42. The zero-order chi connectivity index (χ0) is 24.3. The van der Waals surface area contributed by atoms with E-state index in [2.05, 4.69) is 23.3 Å². The lowest BCUT2D eigenvalue weighted by molar-refractivity contribution is -0.143. The summed E-state index contributed by atoms with van der Waals surface area (Å²) in [5, 5.41) is 4.00. The first kappa shape index (κ1) is 27.9. The van der Waals surface area contributed by atoms with Crippen LogP contribution in [0.3, 0.4) is 0 Å². The zero-order valence-corrected chi connectivity index (χ0v) is 21.3. The number of benzene rings is 1. The predicted octanol–water partition coefficient (Wildman–Crippen LogP) is 7.24. The molecular weight excluding hydrogens is 424 g/mol. The Morgan fingerprint density at radius 3 is 2.12 bits per heavy atom. The van der Waals surface area contributed by atoms with Crippen LogP contribution in [0.25, 0.3) is 10.9 Å². The SMILES string of the molecule is CCCCCCCCCCCCCCCC(=O)NCCOC(=O)CCc1c[nH]c2ccccc12. The van der Waals surface area contributed by atoms with Crippen molar-refractivity contribution in [1.82, 2.24) is 10.3 Å². The molecule has 190 valence electrons. The third-order valence-electron chi connectivity index (χ3n) is 6.47. The van der Waals surface area contributed by atoms with E-state index in [4.69, 9.17) is 4.74 Å². The van der Waals surface area contributed by atoms with Gasteiger partial charge < -0.3 is 15.0 Å². The van der Waals surface area contributed by atoms with Gasteiger partial charge in [-0.05, 0) is 24.5 Å². The van der Waals surface area contributed by atoms with Crippen LogP contribution < -0.4 is 5.32 Å². The van der Waals surface area contributed by atoms with Gasteiger partial charge in [0.2, 0.25) is 5.91 Å². The Labute approximate surface area is 206 Å². The van der Waals surface area contributed by atoms with Gasteiger partial charge in [-0.25, -0.2) is 0 Å². The molecule has 0 saturated carbocycles. The summed E-state index contributed by atoms with van der Waals surface area (Å²) in [7, 11) is 0. The summed E-state index contributed by atoms with van der Waals surface area (Å²) >= 11 is 0. The first-order valence-corrected chi connectivity index (χ1v) is 13.7. The molecule has 5 heteroatoms. The highest BCUT2D eigenvalue weighted by molar-refractivity contribution is 5.83. The Bertz CT molecular complexity index is 815. The van der Waals surface area contributed by atoms with Crippen LogP contribution in [0.15, 0.2) is 30.5 Å². The van der Waals surface area contributed by atoms with Crippen LogP contribution >= 0.6 is 0 Å². The number of unbranched alkanes of at least 4 members (excludes halogenated alkanes) is 12. The fourth-order valence-electron chi connectivity index (χ4n) is 4.39. The largest absolute Gasteiger partial charge is 0.464 e. The number of nitrogens with one attached hydrogen (secondary N) is 2. The summed E-state index contributed by atoms with van der Waals surface area (Å²) in [6.45, 7) is 2.88. The van der Waals surface area contributed by atoms with Gasteiger partial charge in [0.1, 0.15) is 6.61 Å². The second-order valence-electron chi connectivity index (χ2n) is 9.42. The quantitative estimate of drug-likeness (QED) is 0.158. The number of hydrogen-bond acceptors (Lipinski definition) is 3. The monoisotopic (exact) mass is 470 g/mol. The van der Waals surface area contributed by atoms with Crippen molar-refractivity contribution in [3.63, 3.8) is 0 Å². The third-order valence-corrected chi connectivity index (χ3v) is 6.47. The number of fused-ring (bicyclic) bond motifs is 1. The van der Waals surface area contributed by atoms with Gasteiger partial charge in [0.25, 0.3) is 0 Å². The Kier molecular flexibility index (Phi) is 14.9. The Morgan fingerprint density at radius 2 is 1.44 bits per heavy atom. The fraction of sp³-hybridized carbons (Fsp3) is 0.655. The van der Waals surface area contributed by atoms with Crippen LogP contribution in [-0.2, 0) is 20.7 Å². The van der Waals surface area contributed by atoms with Crippen LogP contribution in [-0.4, -0.2) is 30.0 Å². The van der Waals surface area contributed by atoms with E-state index in [1.54, 1.807) is 0 Å². The number of para-hydroxylation sites is 1. The number of rotatable bonds is 20. The van der Waals surface area contributed by atoms with E-state index in [0.29, 0.717) is 25.8 Å². The maximum Gasteiger partial charge on any atom is 0.306 e. The maximum atomic E-state index is 12.0. The number of H-pyrrole nitrogens is 1. The highest BCUT2D eigenvalue weighted by atomic mass is 16.5. The molecule has 0 atom stereocenters. The van der Waals surface area contributed by atoms with Crippen molar-refractivity contribution in [2.24, 2.45) is 0 Å². The van der Waals surface area contributed by atoms with E-state index in [0.717, 1.165) is 29.3 Å². The molecule has 1 heterocycles. The lowest BCUT2D eigenvalue weighted by Gasteiger charge is -2.07. The van der Waals surface area contributed by atoms with E-state index < -0.39 is 0 Å². The van der Waals surface area contributed by atoms with Gasteiger partial charge in [-0.1, -0.05) is 102 Å². The van der Waals surface area contributed by atoms with E-state index in [1.165, 1.54) is 70.6 Å². The van der Waals surface area contributed by atoms with Gasteiger partial charge in [0.05, 0.1) is 6.54 Å². The number of aromatic nitrogens is 1. The van der Waals surface area contributed by atoms with Gasteiger partial charge in [0.15, 0.2) is 0 Å². The van der Waals surface area contributed by atoms with E-state index >= 15 is 0 Å². The zero-order valence-electron chi connectivity index (χ0n) is 21.3. The average Bonchev–Trinajstić information content (AvgIpc) is 3.26. The minimum absolute atomic E-state index is 0.0536. The van der Waals surface area contributed by atoms with E-state index in [-0.39, 0.29) is 18.5 Å². The van der Waals surface area contributed by atoms with Crippen molar-refractivity contribution in [3.05, 3.63) is 36.0 Å². The highest BCUT2D eigenvalue weighted by Crippen LogP contribution is 2.19. The molecule has 1 amide bonds. The van der Waals surface area contributed by atoms with Crippen molar-refractivity contribution in [2.75, 3.05) is 13.2 Å². The van der Waals surface area contributed by atoms with Crippen LogP contribution in [0.4, 0.5) is 0 Å². The number of ether oxygens (including phenoxy) is 1. The summed E-state index contributed by atoms with van der Waals surface area (Å²) in [5.74, 6) is -0.172. The van der Waals surface area contributed by atoms with Gasteiger partial charge >= 0.3 is 5.97 Å². The maximum absolute atomic E-state index is 12.0. The Morgan fingerprint density at radius 1 is 0.824 bits per heavy atom. The summed E-state index contributed by atoms with van der Waals surface area (Å²) in [5.41, 5.74) is 2.20. The number of amides is 1. The molecule has 0 aliphatic rings. The summed E-state index contributed by atoms with van der Waals surface area (Å²) < 4.78 is 5.26. The first-order chi connectivity index (χ1) is 16.7. The Hall–Kier alpha value is -2.30. The van der Waals surface area contributed by atoms with E-state index in [1.807, 2.05) is 24.4 Å². The van der Waals surface area contributed by atoms with Gasteiger partial charge in [-0.2, -0.15) is 0 Å². The third kappa shape index (κ3) is 12.2. The van der Waals surface area contributed by atoms with Crippen LogP contribution in [0.1, 0.15) is 109 Å². The van der Waals surface area contributed by atoms with Crippen LogP contribution in [0.2, 0.25) is 0 Å². The van der Waals surface area contributed by atoms with Gasteiger partial charge in [0, 0.05) is 29.9 Å². The molecule has 2 aromatic rings. The molecule has 0 spiro atoms. The van der Waals surface area contributed by atoms with Crippen molar-refractivity contribution < 1.29 is 14.3 Å². The molecule has 0 unspecified atom stereocenters. The van der Waals surface area contributed by atoms with Gasteiger partial charge in [-0.3, -0.25) is 9.59 Å². The van der Waals surface area contributed by atoms with Crippen molar-refractivity contribution in [3.8, 4) is 0 Å². The minimum Gasteiger partial charge on any atom is -0.464 e. The molecule has 1 aromatic carbocycles. The van der Waals surface area contributed by atoms with Crippen LogP contribution in [0.5, 0.6) is 0 Å². The second kappa shape index (κ2) is 18.1. The molecule has 0 radical (unpaired) electrons. The number of esters is 1. The Balaban J connectivity index is 1.36. The number of hydrogen-bond donors (Lipinski definition) is 2. The van der Waals surface area contributed by atoms with Gasteiger partial charge in [-0.15, -0.1) is 0 Å². The molecule has 0 aliphatic heterocycles. The molecule has 0 aliphatic carbocycles. The van der Waals surface area contributed by atoms with Crippen molar-refractivity contribution in [1.29, 1.82) is 0 Å². The molecule has 2 N–H and O–H groups in total.